The largest absolute Gasteiger partial charge is 0.550 e. The Bertz CT molecular complexity index is 772. The van der Waals surface area contributed by atoms with Gasteiger partial charge in [-0.3, -0.25) is 9.59 Å². The molecule has 24 heavy (non-hydrogen) atoms. The SMILES string of the molecule is O=C([O-])CCCCCNC(=O)CCn1nnc2ccccc2c1=O. The summed E-state index contributed by atoms with van der Waals surface area (Å²) in [6.45, 7) is 0.636. The van der Waals surface area contributed by atoms with Crippen molar-refractivity contribution in [3.63, 3.8) is 0 Å². The summed E-state index contributed by atoms with van der Waals surface area (Å²) in [5.41, 5.74) is 0.260. The molecule has 8 nitrogen and oxygen atoms in total. The van der Waals surface area contributed by atoms with Crippen molar-refractivity contribution >= 4 is 22.8 Å². The van der Waals surface area contributed by atoms with E-state index in [2.05, 4.69) is 15.6 Å². The zero-order valence-corrected chi connectivity index (χ0v) is 13.2. The Hall–Kier alpha value is -2.77. The van der Waals surface area contributed by atoms with Gasteiger partial charge >= 0.3 is 0 Å². The zero-order chi connectivity index (χ0) is 17.4. The number of carboxylic acid groups (broad SMARTS) is 1. The molecule has 0 aliphatic rings. The van der Waals surface area contributed by atoms with Crippen LogP contribution in [0.2, 0.25) is 0 Å². The van der Waals surface area contributed by atoms with Crippen LogP contribution in [0.3, 0.4) is 0 Å². The standard InChI is InChI=1S/C16H20N4O4/c21-14(17-10-5-1-2-8-15(22)23)9-11-20-16(24)12-6-3-4-7-13(12)18-19-20/h3-4,6-7H,1-2,5,8-11H2,(H,17,21)(H,22,23)/p-1. The molecule has 0 atom stereocenters. The van der Waals surface area contributed by atoms with Gasteiger partial charge in [0.2, 0.25) is 5.91 Å². The first-order valence-corrected chi connectivity index (χ1v) is 7.87. The van der Waals surface area contributed by atoms with E-state index in [0.717, 1.165) is 0 Å². The molecule has 0 unspecified atom stereocenters. The Morgan fingerprint density at radius 3 is 2.71 bits per heavy atom. The molecule has 128 valence electrons. The maximum atomic E-state index is 12.2. The lowest BCUT2D eigenvalue weighted by molar-refractivity contribution is -0.305. The minimum absolute atomic E-state index is 0.0392. The number of carboxylic acids is 1. The highest BCUT2D eigenvalue weighted by Gasteiger charge is 2.07. The highest BCUT2D eigenvalue weighted by molar-refractivity contribution is 5.77. The van der Waals surface area contributed by atoms with Crippen LogP contribution >= 0.6 is 0 Å². The summed E-state index contributed by atoms with van der Waals surface area (Å²) in [5, 5.41) is 21.2. The maximum Gasteiger partial charge on any atom is 0.277 e. The molecule has 1 aromatic carbocycles. The van der Waals surface area contributed by atoms with Gasteiger partial charge in [-0.15, -0.1) is 5.10 Å². The van der Waals surface area contributed by atoms with Crippen LogP contribution in [0.25, 0.3) is 10.9 Å². The average molecular weight is 331 g/mol. The molecule has 0 bridgehead atoms. The van der Waals surface area contributed by atoms with Crippen molar-refractivity contribution in [2.75, 3.05) is 6.54 Å². The van der Waals surface area contributed by atoms with Crippen LogP contribution in [0, 0.1) is 0 Å². The van der Waals surface area contributed by atoms with Crippen molar-refractivity contribution in [1.82, 2.24) is 20.3 Å². The Morgan fingerprint density at radius 1 is 1.12 bits per heavy atom. The van der Waals surface area contributed by atoms with E-state index in [-0.39, 0.29) is 30.9 Å². The second-order valence-electron chi connectivity index (χ2n) is 5.42. The summed E-state index contributed by atoms with van der Waals surface area (Å²) in [7, 11) is 0. The van der Waals surface area contributed by atoms with Gasteiger partial charge in [0.15, 0.2) is 0 Å². The molecule has 8 heteroatoms. The number of benzene rings is 1. The molecule has 1 N–H and O–H groups in total. The van der Waals surface area contributed by atoms with Gasteiger partial charge in [0.05, 0.1) is 11.9 Å². The summed E-state index contributed by atoms with van der Waals surface area (Å²) < 4.78 is 1.18. The quantitative estimate of drug-likeness (QED) is 0.625. The first-order chi connectivity index (χ1) is 11.6. The van der Waals surface area contributed by atoms with Crippen molar-refractivity contribution in [3.8, 4) is 0 Å². The van der Waals surface area contributed by atoms with Crippen molar-refractivity contribution < 1.29 is 14.7 Å². The Labute approximate surface area is 138 Å². The number of hydrogen-bond donors (Lipinski definition) is 1. The van der Waals surface area contributed by atoms with E-state index in [1.54, 1.807) is 24.3 Å². The second kappa shape index (κ2) is 8.76. The summed E-state index contributed by atoms with van der Waals surface area (Å²) in [4.78, 5) is 34.2. The number of aliphatic carboxylic acids is 1. The third-order valence-electron chi connectivity index (χ3n) is 3.56. The predicted molar refractivity (Wildman–Crippen MR) is 84.9 cm³/mol. The maximum absolute atomic E-state index is 12.2. The molecular formula is C16H19N4O4-. The van der Waals surface area contributed by atoms with Crippen LogP contribution < -0.4 is 16.0 Å². The monoisotopic (exact) mass is 331 g/mol. The van der Waals surface area contributed by atoms with Crippen molar-refractivity contribution in [3.05, 3.63) is 34.6 Å². The van der Waals surface area contributed by atoms with E-state index in [4.69, 9.17) is 0 Å². The van der Waals surface area contributed by atoms with Gasteiger partial charge in [0.1, 0.15) is 5.52 Å². The van der Waals surface area contributed by atoms with Crippen molar-refractivity contribution in [1.29, 1.82) is 0 Å². The molecule has 0 saturated carbocycles. The Morgan fingerprint density at radius 2 is 1.92 bits per heavy atom. The van der Waals surface area contributed by atoms with Gasteiger partial charge < -0.3 is 15.2 Å². The summed E-state index contributed by atoms with van der Waals surface area (Å²) in [6.07, 6.45) is 2.13. The van der Waals surface area contributed by atoms with E-state index in [9.17, 15) is 19.5 Å². The number of unbranched alkanes of at least 4 members (excludes halogenated alkanes) is 2. The first kappa shape index (κ1) is 17.6. The Kier molecular flexibility index (Phi) is 6.41. The molecule has 2 rings (SSSR count). The van der Waals surface area contributed by atoms with Gasteiger partial charge in [-0.05, 0) is 31.4 Å². The second-order valence-corrected chi connectivity index (χ2v) is 5.42. The molecule has 0 spiro atoms. The third-order valence-corrected chi connectivity index (χ3v) is 3.56. The summed E-state index contributed by atoms with van der Waals surface area (Å²) >= 11 is 0. The number of amides is 1. The van der Waals surface area contributed by atoms with Crippen molar-refractivity contribution in [2.45, 2.75) is 38.6 Å². The van der Waals surface area contributed by atoms with Crippen LogP contribution in [-0.2, 0) is 16.1 Å². The number of hydrogen-bond acceptors (Lipinski definition) is 6. The average Bonchev–Trinajstić information content (AvgIpc) is 2.57. The molecule has 2 aromatic rings. The predicted octanol–water partition coefficient (Wildman–Crippen LogP) is -0.392. The first-order valence-electron chi connectivity index (χ1n) is 7.87. The fourth-order valence-corrected chi connectivity index (χ4v) is 2.26. The van der Waals surface area contributed by atoms with Gasteiger partial charge in [0, 0.05) is 18.9 Å². The fourth-order valence-electron chi connectivity index (χ4n) is 2.26. The van der Waals surface area contributed by atoms with Crippen molar-refractivity contribution in [2.24, 2.45) is 0 Å². The molecule has 0 radical (unpaired) electrons. The number of carbonyl (C=O) groups is 2. The van der Waals surface area contributed by atoms with Crippen LogP contribution in [0.5, 0.6) is 0 Å². The third kappa shape index (κ3) is 5.15. The molecular weight excluding hydrogens is 312 g/mol. The minimum Gasteiger partial charge on any atom is -0.550 e. The van der Waals surface area contributed by atoms with Gasteiger partial charge in [0.25, 0.3) is 5.56 Å². The van der Waals surface area contributed by atoms with E-state index in [0.29, 0.717) is 36.7 Å². The highest BCUT2D eigenvalue weighted by Crippen LogP contribution is 2.03. The zero-order valence-electron chi connectivity index (χ0n) is 13.2. The lowest BCUT2D eigenvalue weighted by atomic mass is 10.2. The molecule has 0 saturated heterocycles. The molecule has 0 aliphatic carbocycles. The molecule has 1 aromatic heterocycles. The normalized spacial score (nSPS) is 10.7. The number of aromatic nitrogens is 3. The van der Waals surface area contributed by atoms with Gasteiger partial charge in [-0.2, -0.15) is 0 Å². The molecule has 1 amide bonds. The summed E-state index contributed by atoms with van der Waals surface area (Å²) in [5.74, 6) is -1.24. The summed E-state index contributed by atoms with van der Waals surface area (Å²) in [6, 6.07) is 6.92. The van der Waals surface area contributed by atoms with Crippen LogP contribution in [0.4, 0.5) is 0 Å². The van der Waals surface area contributed by atoms with Crippen LogP contribution in [0.1, 0.15) is 32.1 Å². The van der Waals surface area contributed by atoms with Crippen LogP contribution in [-0.4, -0.2) is 33.4 Å². The number of aryl methyl sites for hydroxylation is 1. The number of rotatable bonds is 9. The van der Waals surface area contributed by atoms with E-state index < -0.39 is 5.97 Å². The van der Waals surface area contributed by atoms with Gasteiger partial charge in [-0.1, -0.05) is 23.8 Å². The smallest absolute Gasteiger partial charge is 0.277 e. The molecule has 0 fully saturated rings. The number of carbonyl (C=O) groups excluding carboxylic acids is 2. The lowest BCUT2D eigenvalue weighted by Crippen LogP contribution is -2.29. The number of fused-ring (bicyclic) bond motifs is 1. The van der Waals surface area contributed by atoms with E-state index >= 15 is 0 Å². The lowest BCUT2D eigenvalue weighted by Gasteiger charge is -2.07. The van der Waals surface area contributed by atoms with E-state index in [1.165, 1.54) is 4.68 Å². The fraction of sp³-hybridized carbons (Fsp3) is 0.438. The minimum atomic E-state index is -1.05. The molecule has 1 heterocycles. The molecule has 0 aliphatic heterocycles. The number of nitrogens with one attached hydrogen (secondary N) is 1. The van der Waals surface area contributed by atoms with Crippen LogP contribution in [0.15, 0.2) is 29.1 Å². The topological polar surface area (TPSA) is 117 Å². The Balaban J connectivity index is 1.75. The number of nitrogens with zero attached hydrogens (tertiary/aromatic N) is 3. The highest BCUT2D eigenvalue weighted by atomic mass is 16.4. The van der Waals surface area contributed by atoms with Gasteiger partial charge in [-0.25, -0.2) is 4.68 Å². The van der Waals surface area contributed by atoms with E-state index in [1.807, 2.05) is 0 Å².